The Morgan fingerprint density at radius 2 is 1.77 bits per heavy atom. The van der Waals surface area contributed by atoms with E-state index in [1.165, 1.54) is 19.3 Å². The van der Waals surface area contributed by atoms with Crippen LogP contribution in [-0.2, 0) is 4.79 Å². The van der Waals surface area contributed by atoms with Gasteiger partial charge in [-0.25, -0.2) is 0 Å². The highest BCUT2D eigenvalue weighted by Crippen LogP contribution is 2.07. The fourth-order valence-electron chi connectivity index (χ4n) is 1.30. The second-order valence-corrected chi connectivity index (χ2v) is 3.55. The molecule has 0 aromatic heterocycles. The third-order valence-corrected chi connectivity index (χ3v) is 2.29. The van der Waals surface area contributed by atoms with Crippen LogP contribution in [0.2, 0.25) is 0 Å². The van der Waals surface area contributed by atoms with E-state index in [0.29, 0.717) is 12.8 Å². The molecule has 0 rings (SSSR count). The Labute approximate surface area is 81.3 Å². The Morgan fingerprint density at radius 1 is 1.15 bits per heavy atom. The molecule has 0 fully saturated rings. The molecule has 0 unspecified atom stereocenters. The van der Waals surface area contributed by atoms with Gasteiger partial charge in [-0.1, -0.05) is 39.5 Å². The number of ketones is 1. The zero-order valence-corrected chi connectivity index (χ0v) is 8.88. The molecule has 0 aromatic rings. The van der Waals surface area contributed by atoms with Crippen LogP contribution >= 0.6 is 0 Å². The lowest BCUT2D eigenvalue weighted by molar-refractivity contribution is -0.127. The van der Waals surface area contributed by atoms with Crippen molar-refractivity contribution in [1.82, 2.24) is 0 Å². The molecule has 0 heterocycles. The molecule has 13 heavy (non-hydrogen) atoms. The Bertz CT molecular complexity index is 132. The summed E-state index contributed by atoms with van der Waals surface area (Å²) in [7, 11) is 0. The van der Waals surface area contributed by atoms with Gasteiger partial charge in [-0.05, 0) is 12.8 Å². The average molecular weight is 186 g/mol. The molecule has 2 heteroatoms. The van der Waals surface area contributed by atoms with Crippen LogP contribution in [0.15, 0.2) is 0 Å². The molecule has 1 atom stereocenters. The lowest BCUT2D eigenvalue weighted by Gasteiger charge is -2.05. The highest BCUT2D eigenvalue weighted by Gasteiger charge is 2.10. The summed E-state index contributed by atoms with van der Waals surface area (Å²) in [5.74, 6) is 0.0130. The molecule has 1 N–H and O–H groups in total. The van der Waals surface area contributed by atoms with Crippen molar-refractivity contribution < 1.29 is 9.90 Å². The van der Waals surface area contributed by atoms with E-state index in [2.05, 4.69) is 6.92 Å². The lowest BCUT2D eigenvalue weighted by Crippen LogP contribution is -2.18. The number of carbonyl (C=O) groups is 1. The van der Waals surface area contributed by atoms with Crippen molar-refractivity contribution in [3.63, 3.8) is 0 Å². The van der Waals surface area contributed by atoms with Crippen LogP contribution in [0, 0.1) is 0 Å². The van der Waals surface area contributed by atoms with Crippen molar-refractivity contribution in [2.24, 2.45) is 0 Å². The largest absolute Gasteiger partial charge is 0.385 e. The minimum atomic E-state index is -0.717. The summed E-state index contributed by atoms with van der Waals surface area (Å²) in [4.78, 5) is 11.2. The quantitative estimate of drug-likeness (QED) is 0.592. The standard InChI is InChI=1S/C11H22O2/c1-3-5-6-7-8-9-11(13)10(12)4-2/h10,12H,3-9H2,1-2H3/t10-/m0/s1. The first kappa shape index (κ1) is 12.6. The van der Waals surface area contributed by atoms with Gasteiger partial charge in [0.25, 0.3) is 0 Å². The van der Waals surface area contributed by atoms with Gasteiger partial charge in [0.2, 0.25) is 0 Å². The highest BCUT2D eigenvalue weighted by molar-refractivity contribution is 5.82. The van der Waals surface area contributed by atoms with E-state index in [1.807, 2.05) is 6.92 Å². The van der Waals surface area contributed by atoms with Gasteiger partial charge in [0, 0.05) is 6.42 Å². The molecular formula is C11H22O2. The molecule has 2 nitrogen and oxygen atoms in total. The maximum Gasteiger partial charge on any atom is 0.161 e. The summed E-state index contributed by atoms with van der Waals surface area (Å²) in [5, 5.41) is 9.18. The molecule has 0 aliphatic heterocycles. The SMILES string of the molecule is CCCCCCCC(=O)[C@@H](O)CC. The van der Waals surface area contributed by atoms with E-state index in [9.17, 15) is 9.90 Å². The van der Waals surface area contributed by atoms with Crippen LogP contribution in [0.1, 0.15) is 58.8 Å². The molecule has 0 amide bonds. The van der Waals surface area contributed by atoms with E-state index in [0.717, 1.165) is 12.8 Å². The van der Waals surface area contributed by atoms with Crippen LogP contribution in [0.4, 0.5) is 0 Å². The van der Waals surface area contributed by atoms with Crippen LogP contribution in [-0.4, -0.2) is 17.0 Å². The second kappa shape index (κ2) is 8.24. The minimum Gasteiger partial charge on any atom is -0.385 e. The Kier molecular flexibility index (Phi) is 8.00. The Balaban J connectivity index is 3.27. The molecule has 0 aliphatic carbocycles. The zero-order valence-electron chi connectivity index (χ0n) is 8.88. The summed E-state index contributed by atoms with van der Waals surface area (Å²) in [5.41, 5.74) is 0. The summed E-state index contributed by atoms with van der Waals surface area (Å²) in [6, 6.07) is 0. The third-order valence-electron chi connectivity index (χ3n) is 2.29. The summed E-state index contributed by atoms with van der Waals surface area (Å²) >= 11 is 0. The van der Waals surface area contributed by atoms with Crippen LogP contribution in [0.3, 0.4) is 0 Å². The summed E-state index contributed by atoms with van der Waals surface area (Å²) in [6.07, 6.45) is 6.15. The third kappa shape index (κ3) is 6.76. The van der Waals surface area contributed by atoms with E-state index >= 15 is 0 Å². The van der Waals surface area contributed by atoms with Crippen molar-refractivity contribution in [2.45, 2.75) is 64.9 Å². The first-order valence-electron chi connectivity index (χ1n) is 5.43. The van der Waals surface area contributed by atoms with Crippen molar-refractivity contribution in [3.8, 4) is 0 Å². The molecule has 0 saturated heterocycles. The first-order valence-corrected chi connectivity index (χ1v) is 5.43. The number of hydrogen-bond donors (Lipinski definition) is 1. The van der Waals surface area contributed by atoms with Crippen molar-refractivity contribution >= 4 is 5.78 Å². The van der Waals surface area contributed by atoms with E-state index in [-0.39, 0.29) is 5.78 Å². The summed E-state index contributed by atoms with van der Waals surface area (Å²) < 4.78 is 0. The number of rotatable bonds is 8. The molecule has 0 spiro atoms. The maximum atomic E-state index is 11.2. The summed E-state index contributed by atoms with van der Waals surface area (Å²) in [6.45, 7) is 4.01. The van der Waals surface area contributed by atoms with Gasteiger partial charge in [0.05, 0.1) is 0 Å². The van der Waals surface area contributed by atoms with Crippen LogP contribution in [0.5, 0.6) is 0 Å². The van der Waals surface area contributed by atoms with E-state index in [4.69, 9.17) is 0 Å². The van der Waals surface area contributed by atoms with Crippen molar-refractivity contribution in [1.29, 1.82) is 0 Å². The predicted molar refractivity (Wildman–Crippen MR) is 54.7 cm³/mol. The van der Waals surface area contributed by atoms with Gasteiger partial charge in [0.15, 0.2) is 5.78 Å². The van der Waals surface area contributed by atoms with Crippen LogP contribution in [0.25, 0.3) is 0 Å². The fourth-order valence-corrected chi connectivity index (χ4v) is 1.30. The number of hydrogen-bond acceptors (Lipinski definition) is 2. The van der Waals surface area contributed by atoms with E-state index in [1.54, 1.807) is 0 Å². The Morgan fingerprint density at radius 3 is 2.31 bits per heavy atom. The molecule has 78 valence electrons. The molecule has 0 bridgehead atoms. The van der Waals surface area contributed by atoms with Crippen LogP contribution < -0.4 is 0 Å². The minimum absolute atomic E-state index is 0.0130. The smallest absolute Gasteiger partial charge is 0.161 e. The van der Waals surface area contributed by atoms with Gasteiger partial charge in [0.1, 0.15) is 6.10 Å². The number of aliphatic hydroxyl groups is 1. The van der Waals surface area contributed by atoms with Gasteiger partial charge in [-0.2, -0.15) is 0 Å². The lowest BCUT2D eigenvalue weighted by atomic mass is 10.0. The molecule has 0 saturated carbocycles. The first-order chi connectivity index (χ1) is 6.22. The monoisotopic (exact) mass is 186 g/mol. The highest BCUT2D eigenvalue weighted by atomic mass is 16.3. The molecule has 0 aliphatic rings. The van der Waals surface area contributed by atoms with Gasteiger partial charge in [-0.15, -0.1) is 0 Å². The van der Waals surface area contributed by atoms with Gasteiger partial charge < -0.3 is 5.11 Å². The Hall–Kier alpha value is -0.370. The number of carbonyl (C=O) groups excluding carboxylic acids is 1. The predicted octanol–water partition coefficient (Wildman–Crippen LogP) is 2.69. The normalized spacial score (nSPS) is 12.8. The van der Waals surface area contributed by atoms with Gasteiger partial charge in [-0.3, -0.25) is 4.79 Å². The average Bonchev–Trinajstić information content (AvgIpc) is 2.16. The molecule has 0 radical (unpaired) electrons. The topological polar surface area (TPSA) is 37.3 Å². The van der Waals surface area contributed by atoms with Gasteiger partial charge >= 0.3 is 0 Å². The number of unbranched alkanes of at least 4 members (excludes halogenated alkanes) is 4. The van der Waals surface area contributed by atoms with Crippen molar-refractivity contribution in [2.75, 3.05) is 0 Å². The zero-order chi connectivity index (χ0) is 10.1. The van der Waals surface area contributed by atoms with E-state index < -0.39 is 6.10 Å². The van der Waals surface area contributed by atoms with Crippen molar-refractivity contribution in [3.05, 3.63) is 0 Å². The molecular weight excluding hydrogens is 164 g/mol. The maximum absolute atomic E-state index is 11.2. The fraction of sp³-hybridized carbons (Fsp3) is 0.909. The number of Topliss-reactive ketones (excluding diaryl/α,β-unsaturated/α-hetero) is 1. The number of aliphatic hydroxyl groups excluding tert-OH is 1. The second-order valence-electron chi connectivity index (χ2n) is 3.55. The molecule has 0 aromatic carbocycles.